The third kappa shape index (κ3) is 3.54. The highest BCUT2D eigenvalue weighted by Gasteiger charge is 2.12. The number of benzene rings is 1. The van der Waals surface area contributed by atoms with Gasteiger partial charge < -0.3 is 5.32 Å². The smallest absolute Gasteiger partial charge is 0.243 e. The molecule has 1 aromatic rings. The van der Waals surface area contributed by atoms with Gasteiger partial charge >= 0.3 is 0 Å². The van der Waals surface area contributed by atoms with E-state index in [0.29, 0.717) is 0 Å². The van der Waals surface area contributed by atoms with Gasteiger partial charge in [0.1, 0.15) is 0 Å². The Morgan fingerprint density at radius 2 is 1.75 bits per heavy atom. The lowest BCUT2D eigenvalue weighted by Gasteiger charge is -2.18. The van der Waals surface area contributed by atoms with Crippen LogP contribution in [-0.4, -0.2) is 13.0 Å². The van der Waals surface area contributed by atoms with E-state index in [2.05, 4.69) is 38.2 Å². The van der Waals surface area contributed by atoms with Gasteiger partial charge in [0.25, 0.3) is 0 Å². The summed E-state index contributed by atoms with van der Waals surface area (Å²) in [6, 6.07) is 8.26. The van der Waals surface area contributed by atoms with E-state index in [1.54, 1.807) is 7.05 Å². The Kier molecular flexibility index (Phi) is 3.88. The minimum Gasteiger partial charge on any atom is -0.356 e. The lowest BCUT2D eigenvalue weighted by molar-refractivity contribution is -0.115. The predicted molar refractivity (Wildman–Crippen MR) is 68.2 cm³/mol. The second kappa shape index (κ2) is 4.97. The highest BCUT2D eigenvalue weighted by Crippen LogP contribution is 2.22. The molecule has 0 saturated heterocycles. The Hall–Kier alpha value is -1.57. The zero-order valence-corrected chi connectivity index (χ0v) is 10.4. The molecular formula is C14H19NO. The van der Waals surface area contributed by atoms with Gasteiger partial charge in [-0.05, 0) is 22.6 Å². The highest BCUT2D eigenvalue weighted by atomic mass is 16.1. The van der Waals surface area contributed by atoms with Crippen molar-refractivity contribution >= 4 is 12.0 Å². The van der Waals surface area contributed by atoms with Crippen molar-refractivity contribution in [2.45, 2.75) is 26.2 Å². The molecule has 1 amide bonds. The molecule has 16 heavy (non-hydrogen) atoms. The van der Waals surface area contributed by atoms with Gasteiger partial charge in [-0.3, -0.25) is 4.79 Å². The number of likely N-dealkylation sites (N-methyl/N-ethyl adjacent to an activating group) is 1. The van der Waals surface area contributed by atoms with Crippen LogP contribution in [0.3, 0.4) is 0 Å². The van der Waals surface area contributed by atoms with Gasteiger partial charge in [0.15, 0.2) is 0 Å². The molecule has 1 rings (SSSR count). The average molecular weight is 217 g/mol. The number of rotatable bonds is 2. The predicted octanol–water partition coefficient (Wildman–Crippen LogP) is 2.74. The Bertz CT molecular complexity index is 382. The number of nitrogens with one attached hydrogen (secondary N) is 1. The van der Waals surface area contributed by atoms with Crippen molar-refractivity contribution in [3.05, 3.63) is 41.5 Å². The lowest BCUT2D eigenvalue weighted by Crippen LogP contribution is -2.13. The number of amides is 1. The fourth-order valence-corrected chi connectivity index (χ4v) is 1.35. The second-order valence-electron chi connectivity index (χ2n) is 4.82. The van der Waals surface area contributed by atoms with Crippen LogP contribution in [0.4, 0.5) is 0 Å². The first kappa shape index (κ1) is 12.5. The molecule has 0 bridgehead atoms. The molecule has 2 nitrogen and oxygen atoms in total. The summed E-state index contributed by atoms with van der Waals surface area (Å²) in [7, 11) is 1.62. The summed E-state index contributed by atoms with van der Waals surface area (Å²) in [6.45, 7) is 6.55. The first-order valence-electron chi connectivity index (χ1n) is 5.44. The quantitative estimate of drug-likeness (QED) is 0.758. The third-order valence-corrected chi connectivity index (χ3v) is 2.45. The Morgan fingerprint density at radius 3 is 2.19 bits per heavy atom. The fourth-order valence-electron chi connectivity index (χ4n) is 1.35. The van der Waals surface area contributed by atoms with E-state index in [9.17, 15) is 4.79 Å². The Morgan fingerprint density at radius 1 is 1.19 bits per heavy atom. The minimum absolute atomic E-state index is 0.0834. The fraction of sp³-hybridized carbons (Fsp3) is 0.357. The van der Waals surface area contributed by atoms with Crippen molar-refractivity contribution in [3.8, 4) is 0 Å². The van der Waals surface area contributed by atoms with Crippen molar-refractivity contribution < 1.29 is 4.79 Å². The zero-order valence-electron chi connectivity index (χ0n) is 10.4. The molecule has 86 valence electrons. The SMILES string of the molecule is CNC(=O)/C=C/c1ccc(C(C)(C)C)cc1. The molecule has 0 spiro atoms. The van der Waals surface area contributed by atoms with Gasteiger partial charge in [-0.1, -0.05) is 45.0 Å². The van der Waals surface area contributed by atoms with Crippen LogP contribution in [0.1, 0.15) is 31.9 Å². The van der Waals surface area contributed by atoms with E-state index in [0.717, 1.165) is 5.56 Å². The molecule has 1 N–H and O–H groups in total. The van der Waals surface area contributed by atoms with E-state index in [-0.39, 0.29) is 11.3 Å². The molecule has 0 atom stereocenters. The van der Waals surface area contributed by atoms with E-state index in [1.165, 1.54) is 11.6 Å². The summed E-state index contributed by atoms with van der Waals surface area (Å²) in [4.78, 5) is 11.0. The van der Waals surface area contributed by atoms with E-state index < -0.39 is 0 Å². The summed E-state index contributed by atoms with van der Waals surface area (Å²) in [5.41, 5.74) is 2.50. The Labute approximate surface area is 97.4 Å². The monoisotopic (exact) mass is 217 g/mol. The molecule has 0 aliphatic rings. The third-order valence-electron chi connectivity index (χ3n) is 2.45. The molecule has 0 fully saturated rings. The van der Waals surface area contributed by atoms with Gasteiger partial charge in [-0.2, -0.15) is 0 Å². The van der Waals surface area contributed by atoms with E-state index in [4.69, 9.17) is 0 Å². The molecule has 0 aliphatic heterocycles. The molecule has 0 heterocycles. The van der Waals surface area contributed by atoms with Gasteiger partial charge in [0.2, 0.25) is 5.91 Å². The molecule has 0 saturated carbocycles. The number of hydrogen-bond donors (Lipinski definition) is 1. The van der Waals surface area contributed by atoms with Crippen molar-refractivity contribution in [1.29, 1.82) is 0 Å². The van der Waals surface area contributed by atoms with Gasteiger partial charge in [-0.25, -0.2) is 0 Å². The summed E-state index contributed by atoms with van der Waals surface area (Å²) in [5, 5.41) is 2.55. The summed E-state index contributed by atoms with van der Waals surface area (Å²) < 4.78 is 0. The van der Waals surface area contributed by atoms with Crippen molar-refractivity contribution in [2.75, 3.05) is 7.05 Å². The maximum atomic E-state index is 11.0. The Balaban J connectivity index is 2.80. The molecule has 0 radical (unpaired) electrons. The first-order valence-corrected chi connectivity index (χ1v) is 5.44. The molecule has 2 heteroatoms. The molecule has 0 unspecified atom stereocenters. The normalized spacial score (nSPS) is 11.8. The van der Waals surface area contributed by atoms with Crippen molar-refractivity contribution in [2.24, 2.45) is 0 Å². The molecule has 0 aliphatic carbocycles. The van der Waals surface area contributed by atoms with Crippen LogP contribution < -0.4 is 5.32 Å². The van der Waals surface area contributed by atoms with E-state index in [1.807, 2.05) is 18.2 Å². The largest absolute Gasteiger partial charge is 0.356 e. The summed E-state index contributed by atoms with van der Waals surface area (Å²) in [6.07, 6.45) is 3.34. The van der Waals surface area contributed by atoms with Gasteiger partial charge in [0, 0.05) is 13.1 Å². The zero-order chi connectivity index (χ0) is 12.2. The molecule has 0 aromatic heterocycles. The number of carbonyl (C=O) groups is 1. The highest BCUT2D eigenvalue weighted by molar-refractivity contribution is 5.91. The van der Waals surface area contributed by atoms with Gasteiger partial charge in [0.05, 0.1) is 0 Å². The number of hydrogen-bond acceptors (Lipinski definition) is 1. The first-order chi connectivity index (χ1) is 7.43. The maximum Gasteiger partial charge on any atom is 0.243 e. The summed E-state index contributed by atoms with van der Waals surface area (Å²) >= 11 is 0. The standard InChI is InChI=1S/C14H19NO/c1-14(2,3)12-8-5-11(6-9-12)7-10-13(16)15-4/h5-10H,1-4H3,(H,15,16)/b10-7+. The second-order valence-corrected chi connectivity index (χ2v) is 4.82. The average Bonchev–Trinajstić information content (AvgIpc) is 2.25. The minimum atomic E-state index is -0.0834. The topological polar surface area (TPSA) is 29.1 Å². The van der Waals surface area contributed by atoms with Crippen LogP contribution in [0.2, 0.25) is 0 Å². The molecule has 1 aromatic carbocycles. The van der Waals surface area contributed by atoms with Crippen LogP contribution >= 0.6 is 0 Å². The summed E-state index contributed by atoms with van der Waals surface area (Å²) in [5.74, 6) is -0.0834. The molecular weight excluding hydrogens is 198 g/mol. The lowest BCUT2D eigenvalue weighted by atomic mass is 9.87. The number of carbonyl (C=O) groups excluding carboxylic acids is 1. The van der Waals surface area contributed by atoms with Crippen molar-refractivity contribution in [3.63, 3.8) is 0 Å². The van der Waals surface area contributed by atoms with Crippen LogP contribution in [-0.2, 0) is 10.2 Å². The van der Waals surface area contributed by atoms with Crippen LogP contribution in [0.5, 0.6) is 0 Å². The van der Waals surface area contributed by atoms with Crippen LogP contribution in [0.25, 0.3) is 6.08 Å². The maximum absolute atomic E-state index is 11.0. The van der Waals surface area contributed by atoms with Crippen LogP contribution in [0.15, 0.2) is 30.3 Å². The van der Waals surface area contributed by atoms with Gasteiger partial charge in [-0.15, -0.1) is 0 Å². The van der Waals surface area contributed by atoms with Crippen molar-refractivity contribution in [1.82, 2.24) is 5.32 Å². The van der Waals surface area contributed by atoms with E-state index >= 15 is 0 Å². The van der Waals surface area contributed by atoms with Crippen LogP contribution in [0, 0.1) is 0 Å².